The minimum Gasteiger partial charge on any atom is -0.384 e. The molecule has 0 amide bonds. The number of thiazole rings is 1. The molecule has 0 aliphatic rings. The van der Waals surface area contributed by atoms with Gasteiger partial charge in [-0.25, -0.2) is 4.98 Å². The van der Waals surface area contributed by atoms with Gasteiger partial charge in [-0.3, -0.25) is 9.78 Å². The van der Waals surface area contributed by atoms with E-state index >= 15 is 0 Å². The lowest BCUT2D eigenvalue weighted by atomic mass is 9.84. The third-order valence-electron chi connectivity index (χ3n) is 7.82. The largest absolute Gasteiger partial charge is 0.384 e. The van der Waals surface area contributed by atoms with Crippen molar-refractivity contribution in [1.82, 2.24) is 14.5 Å². The van der Waals surface area contributed by atoms with E-state index in [1.807, 2.05) is 6.20 Å². The Hall–Kier alpha value is -2.91. The molecule has 0 saturated carbocycles. The van der Waals surface area contributed by atoms with Gasteiger partial charge in [0.05, 0.1) is 40.8 Å². The number of Topliss-reactive ketones (excluding diaryl/α,β-unsaturated/α-hetero) is 1. The fourth-order valence-electron chi connectivity index (χ4n) is 5.53. The van der Waals surface area contributed by atoms with Crippen molar-refractivity contribution in [2.75, 3.05) is 20.8 Å². The van der Waals surface area contributed by atoms with Crippen LogP contribution in [0.1, 0.15) is 69.5 Å². The van der Waals surface area contributed by atoms with E-state index in [0.29, 0.717) is 13.0 Å². The second-order valence-electron chi connectivity index (χ2n) is 11.6. The normalized spacial score (nSPS) is 13.6. The van der Waals surface area contributed by atoms with E-state index in [-0.39, 0.29) is 17.3 Å². The number of hydrogen-bond donors (Lipinski definition) is 1. The number of ketones is 1. The summed E-state index contributed by atoms with van der Waals surface area (Å²) in [6.45, 7) is 13.9. The third kappa shape index (κ3) is 6.61. The average molecular weight is 577 g/mol. The van der Waals surface area contributed by atoms with Gasteiger partial charge in [-0.05, 0) is 68.4 Å². The Kier molecular flexibility index (Phi) is 9.80. The van der Waals surface area contributed by atoms with Crippen LogP contribution in [0.15, 0.2) is 35.8 Å². The highest BCUT2D eigenvalue weighted by molar-refractivity contribution is 7.10. The number of carbonyl (C=O) groups is 1. The molecule has 3 heterocycles. The van der Waals surface area contributed by atoms with Gasteiger partial charge in [0.15, 0.2) is 0 Å². The molecule has 0 aliphatic heterocycles. The molecule has 4 rings (SSSR count). The number of carbonyl (C=O) groups excluding carboxylic acids is 1. The van der Waals surface area contributed by atoms with Crippen molar-refractivity contribution in [2.24, 2.45) is 11.1 Å². The first-order chi connectivity index (χ1) is 19.5. The predicted octanol–water partition coefficient (Wildman–Crippen LogP) is 6.79. The Morgan fingerprint density at radius 1 is 1.20 bits per heavy atom. The van der Waals surface area contributed by atoms with Crippen LogP contribution in [0.2, 0.25) is 0 Å². The van der Waals surface area contributed by atoms with Gasteiger partial charge in [-0.2, -0.15) is 0 Å². The number of hydrogen-bond acceptors (Lipinski definition) is 7. The smallest absolute Gasteiger partial charge is 0.146 e. The number of ether oxygens (including phenoxy) is 2. The first-order valence-electron chi connectivity index (χ1n) is 14.4. The van der Waals surface area contributed by atoms with Gasteiger partial charge in [0.2, 0.25) is 0 Å². The van der Waals surface area contributed by atoms with Gasteiger partial charge >= 0.3 is 0 Å². The monoisotopic (exact) mass is 576 g/mol. The number of nitrogens with zero attached hydrogens (tertiary/aromatic N) is 3. The summed E-state index contributed by atoms with van der Waals surface area (Å²) in [5, 5.41) is 4.14. The van der Waals surface area contributed by atoms with E-state index in [2.05, 4.69) is 68.8 Å². The summed E-state index contributed by atoms with van der Waals surface area (Å²) in [6, 6.07) is 8.39. The van der Waals surface area contributed by atoms with Crippen LogP contribution >= 0.6 is 11.3 Å². The van der Waals surface area contributed by atoms with Crippen molar-refractivity contribution in [3.05, 3.63) is 57.7 Å². The quantitative estimate of drug-likeness (QED) is 0.188. The first kappa shape index (κ1) is 31.0. The van der Waals surface area contributed by atoms with E-state index < -0.39 is 6.04 Å². The molecule has 2 unspecified atom stereocenters. The van der Waals surface area contributed by atoms with Crippen LogP contribution in [0.3, 0.4) is 0 Å². The third-order valence-corrected chi connectivity index (χ3v) is 8.69. The molecule has 1 aromatic carbocycles. The second-order valence-corrected chi connectivity index (χ2v) is 12.6. The van der Waals surface area contributed by atoms with Crippen molar-refractivity contribution in [2.45, 2.75) is 79.5 Å². The van der Waals surface area contributed by atoms with Crippen LogP contribution in [0.25, 0.3) is 33.4 Å². The zero-order chi connectivity index (χ0) is 29.9. The first-order valence-corrected chi connectivity index (χ1v) is 15.3. The van der Waals surface area contributed by atoms with Gasteiger partial charge in [-0.1, -0.05) is 26.8 Å². The standard InChI is InChI=1S/C33H44N4O3S/c1-9-22-13-25(31(35-17-22)21(4)40-8)32-26(16-33(5,6)19-39-7)24-14-23(11-12-29(24)37(32)10-2)28-18-41-30(36-28)15-27(34)20(3)38/h11-14,17-18,21,27H,9-10,15-16,19,34H2,1-8H3. The Morgan fingerprint density at radius 2 is 1.95 bits per heavy atom. The van der Waals surface area contributed by atoms with Crippen LogP contribution in [-0.4, -0.2) is 47.2 Å². The number of rotatable bonds is 13. The van der Waals surface area contributed by atoms with Gasteiger partial charge in [0.1, 0.15) is 5.78 Å². The van der Waals surface area contributed by atoms with Gasteiger partial charge in [-0.15, -0.1) is 11.3 Å². The lowest BCUT2D eigenvalue weighted by molar-refractivity contribution is -0.118. The number of fused-ring (bicyclic) bond motifs is 1. The molecular formula is C33H44N4O3S. The molecule has 0 radical (unpaired) electrons. The SMILES string of the molecule is CCc1cnc(C(C)OC)c(-c2c(CC(C)(C)COC)c3cc(-c4csc(CC(N)C(C)=O)n4)ccc3n2CC)c1. The molecular weight excluding hydrogens is 532 g/mol. The number of nitrogens with two attached hydrogens (primary N) is 1. The summed E-state index contributed by atoms with van der Waals surface area (Å²) >= 11 is 1.55. The zero-order valence-corrected chi connectivity index (χ0v) is 26.5. The highest BCUT2D eigenvalue weighted by Gasteiger charge is 2.28. The van der Waals surface area contributed by atoms with Crippen molar-refractivity contribution in [1.29, 1.82) is 0 Å². The van der Waals surface area contributed by atoms with Crippen LogP contribution in [-0.2, 0) is 40.1 Å². The molecule has 0 spiro atoms. The Morgan fingerprint density at radius 3 is 2.59 bits per heavy atom. The second kappa shape index (κ2) is 12.9. The average Bonchev–Trinajstić information content (AvgIpc) is 3.53. The highest BCUT2D eigenvalue weighted by Crippen LogP contribution is 2.42. The molecule has 4 aromatic rings. The molecule has 7 nitrogen and oxygen atoms in total. The molecule has 0 bridgehead atoms. The number of pyridine rings is 1. The van der Waals surface area contributed by atoms with Gasteiger partial charge in [0.25, 0.3) is 0 Å². The molecule has 220 valence electrons. The Labute approximate surface area is 248 Å². The van der Waals surface area contributed by atoms with Gasteiger partial charge in [0, 0.05) is 60.8 Å². The number of methoxy groups -OCH3 is 2. The fourth-order valence-corrected chi connectivity index (χ4v) is 6.39. The number of benzene rings is 1. The van der Waals surface area contributed by atoms with E-state index in [9.17, 15) is 4.79 Å². The van der Waals surface area contributed by atoms with E-state index in [0.717, 1.165) is 46.9 Å². The maximum absolute atomic E-state index is 11.7. The molecule has 0 saturated heterocycles. The van der Waals surface area contributed by atoms with E-state index in [1.54, 1.807) is 25.6 Å². The number of aryl methyl sites for hydroxylation is 2. The maximum Gasteiger partial charge on any atom is 0.146 e. The van der Waals surface area contributed by atoms with E-state index in [1.165, 1.54) is 34.6 Å². The zero-order valence-electron chi connectivity index (χ0n) is 25.7. The lowest BCUT2D eigenvalue weighted by Gasteiger charge is -2.25. The predicted molar refractivity (Wildman–Crippen MR) is 168 cm³/mol. The molecule has 2 atom stereocenters. The van der Waals surface area contributed by atoms with E-state index in [4.69, 9.17) is 25.2 Å². The Balaban J connectivity index is 1.97. The maximum atomic E-state index is 11.7. The van der Waals surface area contributed by atoms with Gasteiger partial charge < -0.3 is 19.8 Å². The molecule has 0 aliphatic carbocycles. The summed E-state index contributed by atoms with van der Waals surface area (Å²) in [6.07, 6.45) is 4.01. The van der Waals surface area contributed by atoms with Crippen LogP contribution in [0.4, 0.5) is 0 Å². The van der Waals surface area contributed by atoms with Crippen molar-refractivity contribution in [3.8, 4) is 22.5 Å². The summed E-state index contributed by atoms with van der Waals surface area (Å²) < 4.78 is 13.9. The number of aromatic nitrogens is 3. The fraction of sp³-hybridized carbons (Fsp3) is 0.485. The molecule has 3 aromatic heterocycles. The van der Waals surface area contributed by atoms with Crippen molar-refractivity contribution < 1.29 is 14.3 Å². The van der Waals surface area contributed by atoms with Crippen molar-refractivity contribution in [3.63, 3.8) is 0 Å². The van der Waals surface area contributed by atoms with Crippen LogP contribution in [0, 0.1) is 5.41 Å². The topological polar surface area (TPSA) is 92.3 Å². The molecule has 8 heteroatoms. The molecule has 2 N–H and O–H groups in total. The molecule has 0 fully saturated rings. The van der Waals surface area contributed by atoms with Crippen molar-refractivity contribution >= 4 is 28.0 Å². The minimum atomic E-state index is -0.525. The summed E-state index contributed by atoms with van der Waals surface area (Å²) in [5.74, 6) is -0.0243. The highest BCUT2D eigenvalue weighted by atomic mass is 32.1. The Bertz CT molecular complexity index is 1520. The summed E-state index contributed by atoms with van der Waals surface area (Å²) in [5.41, 5.74) is 14.8. The van der Waals surface area contributed by atoms with Crippen LogP contribution in [0.5, 0.6) is 0 Å². The lowest BCUT2D eigenvalue weighted by Crippen LogP contribution is -2.30. The summed E-state index contributed by atoms with van der Waals surface area (Å²) in [4.78, 5) is 21.5. The summed E-state index contributed by atoms with van der Waals surface area (Å²) in [7, 11) is 3.50. The molecule has 41 heavy (non-hydrogen) atoms. The van der Waals surface area contributed by atoms with Crippen LogP contribution < -0.4 is 5.73 Å². The minimum absolute atomic E-state index is 0.0243.